The van der Waals surface area contributed by atoms with E-state index in [-0.39, 0.29) is 16.6 Å². The Balaban J connectivity index is 1.42. The summed E-state index contributed by atoms with van der Waals surface area (Å²) in [6.45, 7) is 15.2. The minimum atomic E-state index is -1.01. The summed E-state index contributed by atoms with van der Waals surface area (Å²) in [6.07, 6.45) is 0.562. The van der Waals surface area contributed by atoms with Gasteiger partial charge in [0.2, 0.25) is 5.69 Å². The van der Waals surface area contributed by atoms with Gasteiger partial charge in [-0.1, -0.05) is 54.1 Å². The van der Waals surface area contributed by atoms with Crippen LogP contribution >= 0.6 is 11.6 Å². The fourth-order valence-corrected chi connectivity index (χ4v) is 4.64. The number of hydrogen-bond donors (Lipinski definition) is 0. The van der Waals surface area contributed by atoms with Crippen molar-refractivity contribution in [2.45, 2.75) is 39.7 Å². The summed E-state index contributed by atoms with van der Waals surface area (Å²) >= 11 is 6.30. The van der Waals surface area contributed by atoms with Gasteiger partial charge in [-0.2, -0.15) is 0 Å². The predicted octanol–water partition coefficient (Wildman–Crippen LogP) is 7.19. The Kier molecular flexibility index (Phi) is 7.05. The number of anilines is 1. The molecular formula is C29H28ClN3O3. The number of nitrogens with zero attached hydrogens (tertiary/aromatic N) is 3. The number of halogens is 1. The summed E-state index contributed by atoms with van der Waals surface area (Å²) in [5.74, 6) is 0.472. The summed E-state index contributed by atoms with van der Waals surface area (Å²) in [5, 5.41) is 0.251. The smallest absolute Gasteiger partial charge is 0.332 e. The van der Waals surface area contributed by atoms with Crippen molar-refractivity contribution in [3.8, 4) is 16.9 Å². The number of benzene rings is 3. The van der Waals surface area contributed by atoms with E-state index in [0.29, 0.717) is 30.8 Å². The molecule has 1 aliphatic heterocycles. The molecule has 3 aromatic carbocycles. The molecule has 0 atom stereocenters. The number of carbonyl (C=O) groups is 2. The number of carbonyl (C=O) groups excluding carboxylic acids is 2. The molecule has 0 saturated carbocycles. The second kappa shape index (κ2) is 10.0. The Morgan fingerprint density at radius 2 is 1.72 bits per heavy atom. The van der Waals surface area contributed by atoms with Crippen LogP contribution in [0.2, 0.25) is 5.02 Å². The highest BCUT2D eigenvalue weighted by Crippen LogP contribution is 2.39. The molecule has 184 valence electrons. The summed E-state index contributed by atoms with van der Waals surface area (Å²) in [7, 11) is 0. The minimum absolute atomic E-state index is 0.251. The Hall–Kier alpha value is -3.82. The fraction of sp³-hybridized carbons (Fsp3) is 0.276. The number of ether oxygens (including phenoxy) is 1. The van der Waals surface area contributed by atoms with Crippen LogP contribution in [0.5, 0.6) is 5.75 Å². The lowest BCUT2D eigenvalue weighted by atomic mass is 10.0. The average molecular weight is 502 g/mol. The van der Waals surface area contributed by atoms with Crippen LogP contribution in [0.15, 0.2) is 60.7 Å². The molecule has 0 aromatic heterocycles. The number of aryl methyl sites for hydroxylation is 1. The average Bonchev–Trinajstić information content (AvgIpc) is 3.03. The van der Waals surface area contributed by atoms with E-state index in [2.05, 4.69) is 23.0 Å². The van der Waals surface area contributed by atoms with Crippen LogP contribution in [0, 0.1) is 20.4 Å². The number of amides is 3. The summed E-state index contributed by atoms with van der Waals surface area (Å²) < 4.78 is 6.01. The van der Waals surface area contributed by atoms with Crippen molar-refractivity contribution in [2.75, 3.05) is 18.1 Å². The monoisotopic (exact) mass is 501 g/mol. The largest absolute Gasteiger partial charge is 0.493 e. The zero-order chi connectivity index (χ0) is 26.0. The van der Waals surface area contributed by atoms with Crippen LogP contribution in [0.3, 0.4) is 0 Å². The number of urea groups is 1. The van der Waals surface area contributed by atoms with E-state index < -0.39 is 11.6 Å². The molecule has 0 bridgehead atoms. The van der Waals surface area contributed by atoms with E-state index in [1.165, 1.54) is 11.0 Å². The second-order valence-corrected chi connectivity index (χ2v) is 9.71. The van der Waals surface area contributed by atoms with Gasteiger partial charge in [0.15, 0.2) is 0 Å². The van der Waals surface area contributed by atoms with Crippen molar-refractivity contribution in [3.05, 3.63) is 88.2 Å². The molecule has 0 spiro atoms. The Labute approximate surface area is 216 Å². The molecule has 0 unspecified atom stereocenters. The van der Waals surface area contributed by atoms with Crippen LogP contribution in [-0.2, 0) is 4.79 Å². The first kappa shape index (κ1) is 25.3. The molecular weight excluding hydrogens is 474 g/mol. The quantitative estimate of drug-likeness (QED) is 0.195. The highest BCUT2D eigenvalue weighted by molar-refractivity contribution is 6.35. The van der Waals surface area contributed by atoms with E-state index in [1.807, 2.05) is 37.3 Å². The van der Waals surface area contributed by atoms with Gasteiger partial charge in [-0.25, -0.2) is 14.5 Å². The van der Waals surface area contributed by atoms with E-state index >= 15 is 0 Å². The molecule has 3 aromatic rings. The van der Waals surface area contributed by atoms with Crippen molar-refractivity contribution in [2.24, 2.45) is 0 Å². The molecule has 1 heterocycles. The van der Waals surface area contributed by atoms with Gasteiger partial charge in [0, 0.05) is 6.54 Å². The molecule has 4 rings (SSSR count). The topological polar surface area (TPSA) is 54.2 Å². The second-order valence-electron chi connectivity index (χ2n) is 9.34. The first-order valence-corrected chi connectivity index (χ1v) is 12.2. The van der Waals surface area contributed by atoms with Gasteiger partial charge in [0.1, 0.15) is 11.3 Å². The van der Waals surface area contributed by atoms with Gasteiger partial charge in [-0.15, -0.1) is 0 Å². The van der Waals surface area contributed by atoms with Gasteiger partial charge in [0.25, 0.3) is 5.91 Å². The molecule has 6 nitrogen and oxygen atoms in total. The maximum Gasteiger partial charge on any atom is 0.332 e. The van der Waals surface area contributed by atoms with Gasteiger partial charge in [-0.3, -0.25) is 4.79 Å². The first-order chi connectivity index (χ1) is 17.2. The molecule has 1 fully saturated rings. The summed E-state index contributed by atoms with van der Waals surface area (Å²) in [4.78, 5) is 32.7. The summed E-state index contributed by atoms with van der Waals surface area (Å²) in [6, 6.07) is 19.0. The van der Waals surface area contributed by atoms with Crippen LogP contribution in [0.25, 0.3) is 16.0 Å². The molecule has 7 heteroatoms. The molecule has 0 radical (unpaired) electrons. The van der Waals surface area contributed by atoms with Crippen molar-refractivity contribution >= 4 is 34.9 Å². The Morgan fingerprint density at radius 3 is 2.39 bits per heavy atom. The first-order valence-electron chi connectivity index (χ1n) is 11.8. The van der Waals surface area contributed by atoms with Crippen LogP contribution in [-0.4, -0.2) is 35.5 Å². The van der Waals surface area contributed by atoms with E-state index in [9.17, 15) is 9.59 Å². The van der Waals surface area contributed by atoms with Crippen molar-refractivity contribution in [3.63, 3.8) is 0 Å². The molecule has 36 heavy (non-hydrogen) atoms. The van der Waals surface area contributed by atoms with Gasteiger partial charge >= 0.3 is 6.03 Å². The number of rotatable bonds is 7. The lowest BCUT2D eigenvalue weighted by Gasteiger charge is -2.27. The van der Waals surface area contributed by atoms with Crippen LogP contribution in [0.4, 0.5) is 16.2 Å². The Bertz CT molecular complexity index is 1360. The zero-order valence-electron chi connectivity index (χ0n) is 20.8. The van der Waals surface area contributed by atoms with Crippen LogP contribution < -0.4 is 9.64 Å². The highest BCUT2D eigenvalue weighted by Gasteiger charge is 2.51. The maximum absolute atomic E-state index is 13.3. The van der Waals surface area contributed by atoms with Crippen LogP contribution in [0.1, 0.15) is 31.4 Å². The lowest BCUT2D eigenvalue weighted by Crippen LogP contribution is -2.44. The summed E-state index contributed by atoms with van der Waals surface area (Å²) in [5.41, 5.74) is 3.52. The third-order valence-corrected chi connectivity index (χ3v) is 7.06. The van der Waals surface area contributed by atoms with Crippen molar-refractivity contribution < 1.29 is 14.3 Å². The molecule has 1 saturated heterocycles. The molecule has 0 aliphatic carbocycles. The van der Waals surface area contributed by atoms with Gasteiger partial charge in [0.05, 0.1) is 23.9 Å². The van der Waals surface area contributed by atoms with Crippen molar-refractivity contribution in [1.29, 1.82) is 0 Å². The van der Waals surface area contributed by atoms with E-state index in [0.717, 1.165) is 22.4 Å². The van der Waals surface area contributed by atoms with Crippen molar-refractivity contribution in [1.82, 2.24) is 4.90 Å². The third-order valence-electron chi connectivity index (χ3n) is 6.59. The highest BCUT2D eigenvalue weighted by atomic mass is 35.5. The van der Waals surface area contributed by atoms with E-state index in [1.54, 1.807) is 31.7 Å². The number of imide groups is 1. The minimum Gasteiger partial charge on any atom is -0.493 e. The van der Waals surface area contributed by atoms with E-state index in [4.69, 9.17) is 22.9 Å². The SMILES string of the molecule is [C-]#[N+]c1ccc(N2C(=O)N(CCCOc3ccc(-c4ccccc4)cc3C)C(C)(C)C2=O)c(C)c1Cl. The molecule has 0 N–H and O–H groups in total. The van der Waals surface area contributed by atoms with Gasteiger partial charge in [-0.05, 0) is 74.6 Å². The standard InChI is InChI=1S/C29H28ClN3O3/c1-19-18-22(21-10-7-6-8-11-21)12-15-25(19)36-17-9-16-32-28(35)33(27(34)29(32,3)4)24-14-13-23(31-5)26(30)20(24)2/h6-8,10-15,18H,9,16-17H2,1-4H3. The molecule has 1 aliphatic rings. The zero-order valence-corrected chi connectivity index (χ0v) is 21.6. The normalized spacial score (nSPS) is 14.8. The lowest BCUT2D eigenvalue weighted by molar-refractivity contribution is -0.123. The Morgan fingerprint density at radius 1 is 1.00 bits per heavy atom. The number of hydrogen-bond acceptors (Lipinski definition) is 3. The third kappa shape index (κ3) is 4.55. The van der Waals surface area contributed by atoms with Gasteiger partial charge < -0.3 is 9.64 Å². The maximum atomic E-state index is 13.3. The molecule has 3 amide bonds. The predicted molar refractivity (Wildman–Crippen MR) is 143 cm³/mol. The fourth-order valence-electron chi connectivity index (χ4n) is 4.44.